The quantitative estimate of drug-likeness (QED) is 0.671. The fourth-order valence-corrected chi connectivity index (χ4v) is 2.63. The van der Waals surface area contributed by atoms with Crippen LogP contribution in [0.2, 0.25) is 0 Å². The maximum atomic E-state index is 11.9. The predicted octanol–water partition coefficient (Wildman–Crippen LogP) is 2.69. The molecule has 5 heteroatoms. The van der Waals surface area contributed by atoms with Crippen molar-refractivity contribution >= 4 is 11.9 Å². The molecule has 1 aliphatic carbocycles. The smallest absolute Gasteiger partial charge is 0.338 e. The molecule has 1 saturated carbocycles. The minimum Gasteiger partial charge on any atom is -0.497 e. The van der Waals surface area contributed by atoms with Crippen molar-refractivity contribution in [2.24, 2.45) is 0 Å². The number of amides is 1. The summed E-state index contributed by atoms with van der Waals surface area (Å²) < 4.78 is 10.1. The van der Waals surface area contributed by atoms with Crippen molar-refractivity contribution in [2.45, 2.75) is 44.6 Å². The molecule has 0 radical (unpaired) electrons. The zero-order valence-electron chi connectivity index (χ0n) is 13.0. The lowest BCUT2D eigenvalue weighted by atomic mass is 10.1. The molecule has 0 spiro atoms. The summed E-state index contributed by atoms with van der Waals surface area (Å²) in [5.74, 6) is -0.0601. The van der Waals surface area contributed by atoms with Crippen molar-refractivity contribution in [3.8, 4) is 5.75 Å². The van der Waals surface area contributed by atoms with Crippen molar-refractivity contribution in [1.82, 2.24) is 5.32 Å². The molecule has 22 heavy (non-hydrogen) atoms. The van der Waals surface area contributed by atoms with E-state index in [0.717, 1.165) is 25.7 Å². The van der Waals surface area contributed by atoms with E-state index < -0.39 is 5.97 Å². The molecule has 1 N–H and O–H groups in total. The first-order valence-corrected chi connectivity index (χ1v) is 7.79. The molecule has 1 aliphatic rings. The molecular formula is C17H23NO4. The highest BCUT2D eigenvalue weighted by Crippen LogP contribution is 2.17. The Balaban J connectivity index is 1.75. The fourth-order valence-electron chi connectivity index (χ4n) is 2.63. The van der Waals surface area contributed by atoms with E-state index in [0.29, 0.717) is 11.3 Å². The monoisotopic (exact) mass is 305 g/mol. The van der Waals surface area contributed by atoms with Gasteiger partial charge in [-0.1, -0.05) is 25.7 Å². The van der Waals surface area contributed by atoms with Crippen molar-refractivity contribution in [3.63, 3.8) is 0 Å². The van der Waals surface area contributed by atoms with Gasteiger partial charge < -0.3 is 14.8 Å². The summed E-state index contributed by atoms with van der Waals surface area (Å²) in [6, 6.07) is 6.81. The van der Waals surface area contributed by atoms with E-state index in [4.69, 9.17) is 9.47 Å². The molecule has 0 unspecified atom stereocenters. The summed E-state index contributed by atoms with van der Waals surface area (Å²) in [6.45, 7) is -0.235. The van der Waals surface area contributed by atoms with Gasteiger partial charge in [-0.05, 0) is 37.1 Å². The number of carbonyl (C=O) groups is 2. The number of hydrogen-bond acceptors (Lipinski definition) is 4. The van der Waals surface area contributed by atoms with Gasteiger partial charge in [0.1, 0.15) is 5.75 Å². The van der Waals surface area contributed by atoms with E-state index in [-0.39, 0.29) is 18.6 Å². The van der Waals surface area contributed by atoms with Gasteiger partial charge in [-0.25, -0.2) is 4.79 Å². The van der Waals surface area contributed by atoms with Gasteiger partial charge >= 0.3 is 5.97 Å². The molecule has 5 nitrogen and oxygen atoms in total. The molecule has 0 bridgehead atoms. The Morgan fingerprint density at radius 3 is 2.32 bits per heavy atom. The number of methoxy groups -OCH3 is 1. The number of ether oxygens (including phenoxy) is 2. The average Bonchev–Trinajstić information content (AvgIpc) is 2.81. The van der Waals surface area contributed by atoms with Crippen LogP contribution in [0.4, 0.5) is 0 Å². The summed E-state index contributed by atoms with van der Waals surface area (Å²) >= 11 is 0. The van der Waals surface area contributed by atoms with Crippen LogP contribution in [0.1, 0.15) is 48.9 Å². The molecule has 0 atom stereocenters. The summed E-state index contributed by atoms with van der Waals surface area (Å²) in [6.07, 6.45) is 6.79. The lowest BCUT2D eigenvalue weighted by Gasteiger charge is -2.16. The molecule has 2 rings (SSSR count). The highest BCUT2D eigenvalue weighted by atomic mass is 16.5. The second-order valence-corrected chi connectivity index (χ2v) is 5.56. The van der Waals surface area contributed by atoms with Gasteiger partial charge in [0.15, 0.2) is 6.61 Å². The lowest BCUT2D eigenvalue weighted by Crippen LogP contribution is -2.37. The standard InChI is InChI=1S/C17H23NO4/c1-21-15-10-8-13(9-11-15)17(20)22-12-16(19)18-14-6-4-2-3-5-7-14/h8-11,14H,2-7,12H2,1H3,(H,18,19). The van der Waals surface area contributed by atoms with Crippen LogP contribution in [0.25, 0.3) is 0 Å². The minimum absolute atomic E-state index is 0.217. The Morgan fingerprint density at radius 2 is 1.73 bits per heavy atom. The number of carbonyl (C=O) groups excluding carboxylic acids is 2. The van der Waals surface area contributed by atoms with Crippen molar-refractivity contribution in [1.29, 1.82) is 0 Å². The highest BCUT2D eigenvalue weighted by Gasteiger charge is 2.16. The topological polar surface area (TPSA) is 64.6 Å². The van der Waals surface area contributed by atoms with Crippen molar-refractivity contribution in [3.05, 3.63) is 29.8 Å². The molecule has 0 saturated heterocycles. The predicted molar refractivity (Wildman–Crippen MR) is 82.9 cm³/mol. The normalized spacial score (nSPS) is 15.7. The van der Waals surface area contributed by atoms with Crippen LogP contribution in [0, 0.1) is 0 Å². The van der Waals surface area contributed by atoms with Gasteiger partial charge in [-0.15, -0.1) is 0 Å². The zero-order valence-corrected chi connectivity index (χ0v) is 13.0. The molecule has 1 aromatic carbocycles. The van der Waals surface area contributed by atoms with Crippen LogP contribution < -0.4 is 10.1 Å². The maximum absolute atomic E-state index is 11.9. The lowest BCUT2D eigenvalue weighted by molar-refractivity contribution is -0.125. The molecule has 0 aliphatic heterocycles. The Bertz CT molecular complexity index is 490. The first kappa shape index (κ1) is 16.3. The Morgan fingerprint density at radius 1 is 1.09 bits per heavy atom. The van der Waals surface area contributed by atoms with E-state index in [1.165, 1.54) is 12.8 Å². The van der Waals surface area contributed by atoms with Gasteiger partial charge in [-0.3, -0.25) is 4.79 Å². The molecule has 0 aromatic heterocycles. The van der Waals surface area contributed by atoms with Crippen LogP contribution in [0.15, 0.2) is 24.3 Å². The second kappa shape index (κ2) is 8.41. The summed E-state index contributed by atoms with van der Waals surface area (Å²) in [5.41, 5.74) is 0.406. The largest absolute Gasteiger partial charge is 0.497 e. The van der Waals surface area contributed by atoms with E-state index in [9.17, 15) is 9.59 Å². The van der Waals surface area contributed by atoms with E-state index in [1.807, 2.05) is 0 Å². The van der Waals surface area contributed by atoms with Crippen LogP contribution in [-0.2, 0) is 9.53 Å². The third-order valence-electron chi connectivity index (χ3n) is 3.88. The third kappa shape index (κ3) is 5.06. The average molecular weight is 305 g/mol. The Labute approximate surface area is 131 Å². The van der Waals surface area contributed by atoms with Crippen LogP contribution in [-0.4, -0.2) is 31.6 Å². The number of hydrogen-bond donors (Lipinski definition) is 1. The minimum atomic E-state index is -0.501. The van der Waals surface area contributed by atoms with Crippen molar-refractivity contribution in [2.75, 3.05) is 13.7 Å². The van der Waals surface area contributed by atoms with Crippen LogP contribution in [0.3, 0.4) is 0 Å². The second-order valence-electron chi connectivity index (χ2n) is 5.56. The molecule has 1 amide bonds. The number of nitrogens with one attached hydrogen (secondary N) is 1. The SMILES string of the molecule is COc1ccc(C(=O)OCC(=O)NC2CCCCCC2)cc1. The first-order chi connectivity index (χ1) is 10.7. The van der Waals surface area contributed by atoms with Gasteiger partial charge in [0, 0.05) is 6.04 Å². The first-order valence-electron chi connectivity index (χ1n) is 7.79. The highest BCUT2D eigenvalue weighted by molar-refractivity contribution is 5.91. The number of rotatable bonds is 5. The van der Waals surface area contributed by atoms with E-state index in [1.54, 1.807) is 31.4 Å². The third-order valence-corrected chi connectivity index (χ3v) is 3.88. The van der Waals surface area contributed by atoms with Gasteiger partial charge in [0.25, 0.3) is 5.91 Å². The Hall–Kier alpha value is -2.04. The van der Waals surface area contributed by atoms with Gasteiger partial charge in [-0.2, -0.15) is 0 Å². The van der Waals surface area contributed by atoms with Crippen LogP contribution >= 0.6 is 0 Å². The maximum Gasteiger partial charge on any atom is 0.338 e. The number of esters is 1. The summed E-state index contributed by atoms with van der Waals surface area (Å²) in [7, 11) is 1.56. The Kier molecular flexibility index (Phi) is 6.25. The summed E-state index contributed by atoms with van der Waals surface area (Å²) in [5, 5.41) is 2.95. The van der Waals surface area contributed by atoms with E-state index >= 15 is 0 Å². The van der Waals surface area contributed by atoms with Crippen molar-refractivity contribution < 1.29 is 19.1 Å². The number of benzene rings is 1. The molecule has 1 aromatic rings. The van der Waals surface area contributed by atoms with Gasteiger partial charge in [0.2, 0.25) is 0 Å². The molecular weight excluding hydrogens is 282 g/mol. The van der Waals surface area contributed by atoms with Crippen LogP contribution in [0.5, 0.6) is 5.75 Å². The molecule has 0 heterocycles. The zero-order chi connectivity index (χ0) is 15.8. The molecule has 1 fully saturated rings. The fraction of sp³-hybridized carbons (Fsp3) is 0.529. The van der Waals surface area contributed by atoms with Gasteiger partial charge in [0.05, 0.1) is 12.7 Å². The van der Waals surface area contributed by atoms with E-state index in [2.05, 4.69) is 5.32 Å². The summed E-state index contributed by atoms with van der Waals surface area (Å²) in [4.78, 5) is 23.7. The molecule has 120 valence electrons.